The van der Waals surface area contributed by atoms with E-state index in [0.717, 1.165) is 43.9 Å². The average molecular weight is 424 g/mol. The fraction of sp³-hybridized carbons (Fsp3) is 0.435. The van der Waals surface area contributed by atoms with Gasteiger partial charge in [-0.05, 0) is 55.0 Å². The van der Waals surface area contributed by atoms with Crippen molar-refractivity contribution in [2.45, 2.75) is 19.8 Å². The van der Waals surface area contributed by atoms with Crippen molar-refractivity contribution in [3.63, 3.8) is 0 Å². The lowest BCUT2D eigenvalue weighted by atomic mass is 10.1. The molecule has 2 heterocycles. The molecule has 1 fully saturated rings. The number of nitrogens with zero attached hydrogens (tertiary/aromatic N) is 3. The molecule has 2 aliphatic rings. The molecule has 1 aliphatic heterocycles. The van der Waals surface area contributed by atoms with Gasteiger partial charge in [0.2, 0.25) is 0 Å². The third-order valence-corrected chi connectivity index (χ3v) is 6.01. The van der Waals surface area contributed by atoms with Crippen LogP contribution in [0.1, 0.15) is 16.8 Å². The van der Waals surface area contributed by atoms with Crippen LogP contribution in [0.25, 0.3) is 0 Å². The molecule has 0 saturated carbocycles. The first-order valence-electron chi connectivity index (χ1n) is 10.7. The molecule has 2 N–H and O–H groups in total. The van der Waals surface area contributed by atoms with Gasteiger partial charge in [0, 0.05) is 44.1 Å². The minimum atomic E-state index is -0.263. The third-order valence-electron chi connectivity index (χ3n) is 6.01. The lowest BCUT2D eigenvalue weighted by molar-refractivity contribution is 0.0860. The number of fused-ring (bicyclic) bond motifs is 1. The van der Waals surface area contributed by atoms with Crippen LogP contribution in [0.5, 0.6) is 0 Å². The minimum absolute atomic E-state index is 0.247. The van der Waals surface area contributed by atoms with Gasteiger partial charge in [-0.25, -0.2) is 9.59 Å². The molecular formula is C23H29N5O3. The summed E-state index contributed by atoms with van der Waals surface area (Å²) in [6.07, 6.45) is 3.35. The van der Waals surface area contributed by atoms with Gasteiger partial charge in [-0.15, -0.1) is 0 Å². The van der Waals surface area contributed by atoms with Crippen molar-refractivity contribution in [3.05, 3.63) is 53.3 Å². The molecule has 3 amide bonds. The number of urea groups is 1. The number of piperazine rings is 1. The molecule has 0 spiro atoms. The number of aryl methyl sites for hydroxylation is 1. The molecule has 2 aromatic rings. The van der Waals surface area contributed by atoms with Crippen molar-refractivity contribution in [1.82, 2.24) is 14.8 Å². The zero-order chi connectivity index (χ0) is 21.8. The van der Waals surface area contributed by atoms with Crippen LogP contribution >= 0.6 is 0 Å². The molecule has 1 aliphatic carbocycles. The highest BCUT2D eigenvalue weighted by Gasteiger charge is 2.28. The molecule has 8 nitrogen and oxygen atoms in total. The monoisotopic (exact) mass is 423 g/mol. The van der Waals surface area contributed by atoms with Gasteiger partial charge < -0.3 is 20.3 Å². The van der Waals surface area contributed by atoms with Crippen LogP contribution in [-0.2, 0) is 17.6 Å². The molecule has 1 aromatic heterocycles. The average Bonchev–Trinajstić information content (AvgIpc) is 3.19. The van der Waals surface area contributed by atoms with Gasteiger partial charge in [0.15, 0.2) is 0 Å². The largest absolute Gasteiger partial charge is 0.453 e. The number of hydrogen-bond acceptors (Lipinski definition) is 5. The van der Waals surface area contributed by atoms with E-state index >= 15 is 0 Å². The van der Waals surface area contributed by atoms with Gasteiger partial charge >= 0.3 is 12.1 Å². The Bertz CT molecular complexity index is 939. The topological polar surface area (TPSA) is 86.8 Å². The predicted molar refractivity (Wildman–Crippen MR) is 119 cm³/mol. The Labute approximate surface area is 182 Å². The fourth-order valence-electron chi connectivity index (χ4n) is 4.42. The summed E-state index contributed by atoms with van der Waals surface area (Å²) in [5.74, 6) is 0.506. The van der Waals surface area contributed by atoms with Crippen molar-refractivity contribution < 1.29 is 14.3 Å². The van der Waals surface area contributed by atoms with Crippen LogP contribution in [0.4, 0.5) is 21.0 Å². The summed E-state index contributed by atoms with van der Waals surface area (Å²) >= 11 is 0. The summed E-state index contributed by atoms with van der Waals surface area (Å²) in [5, 5.41) is 5.85. The second-order valence-corrected chi connectivity index (χ2v) is 8.24. The van der Waals surface area contributed by atoms with Gasteiger partial charge in [0.1, 0.15) is 0 Å². The van der Waals surface area contributed by atoms with Crippen LogP contribution in [-0.4, -0.2) is 66.7 Å². The maximum atomic E-state index is 12.5. The summed E-state index contributed by atoms with van der Waals surface area (Å²) in [7, 11) is 1.42. The van der Waals surface area contributed by atoms with E-state index in [2.05, 4.69) is 26.6 Å². The molecule has 1 unspecified atom stereocenters. The molecular weight excluding hydrogens is 394 g/mol. The van der Waals surface area contributed by atoms with E-state index in [0.29, 0.717) is 24.7 Å². The zero-order valence-corrected chi connectivity index (χ0v) is 18.1. The maximum absolute atomic E-state index is 12.5. The molecule has 1 atom stereocenters. The standard InChI is InChI=1S/C23H29N5O3/c1-16-6-7-19(14-24-16)25-22(29)26-21-5-3-4-18-12-17(13-20(18)21)15-27-8-10-28(11-9-27)23(30)31-2/h3-7,14,17H,8-13,15H2,1-2H3,(H2,25,26,29). The Kier molecular flexibility index (Phi) is 6.36. The number of carbonyl (C=O) groups is 2. The smallest absolute Gasteiger partial charge is 0.409 e. The lowest BCUT2D eigenvalue weighted by Crippen LogP contribution is -2.49. The number of ether oxygens (including phenoxy) is 1. The van der Waals surface area contributed by atoms with E-state index in [4.69, 9.17) is 4.74 Å². The van der Waals surface area contributed by atoms with E-state index in [9.17, 15) is 9.59 Å². The molecule has 8 heteroatoms. The molecule has 1 aromatic carbocycles. The lowest BCUT2D eigenvalue weighted by Gasteiger charge is -2.35. The number of anilines is 2. The first-order valence-corrected chi connectivity index (χ1v) is 10.7. The summed E-state index contributed by atoms with van der Waals surface area (Å²) in [6.45, 7) is 6.03. The number of rotatable bonds is 4. The van der Waals surface area contributed by atoms with E-state index in [-0.39, 0.29) is 12.1 Å². The minimum Gasteiger partial charge on any atom is -0.453 e. The van der Waals surface area contributed by atoms with Crippen LogP contribution in [0.15, 0.2) is 36.5 Å². The molecule has 31 heavy (non-hydrogen) atoms. The molecule has 0 radical (unpaired) electrons. The van der Waals surface area contributed by atoms with Crippen molar-refractivity contribution in [2.24, 2.45) is 5.92 Å². The van der Waals surface area contributed by atoms with Crippen molar-refractivity contribution in [3.8, 4) is 0 Å². The van der Waals surface area contributed by atoms with E-state index < -0.39 is 0 Å². The number of amides is 3. The van der Waals surface area contributed by atoms with Gasteiger partial charge in [0.05, 0.1) is 19.0 Å². The highest BCUT2D eigenvalue weighted by atomic mass is 16.5. The Morgan fingerprint density at radius 3 is 2.61 bits per heavy atom. The quantitative estimate of drug-likeness (QED) is 0.789. The zero-order valence-electron chi connectivity index (χ0n) is 18.1. The van der Waals surface area contributed by atoms with Crippen LogP contribution in [0, 0.1) is 12.8 Å². The van der Waals surface area contributed by atoms with E-state index in [1.165, 1.54) is 18.2 Å². The van der Waals surface area contributed by atoms with Crippen LogP contribution in [0.3, 0.4) is 0 Å². The SMILES string of the molecule is COC(=O)N1CCN(CC2Cc3cccc(NC(=O)Nc4ccc(C)nc4)c3C2)CC1. The first-order chi connectivity index (χ1) is 15.0. The third kappa shape index (κ3) is 5.14. The number of methoxy groups -OCH3 is 1. The van der Waals surface area contributed by atoms with Gasteiger partial charge in [-0.2, -0.15) is 0 Å². The molecule has 164 valence electrons. The van der Waals surface area contributed by atoms with Crippen LogP contribution in [0.2, 0.25) is 0 Å². The number of pyridine rings is 1. The second kappa shape index (κ2) is 9.34. The Morgan fingerprint density at radius 2 is 1.90 bits per heavy atom. The van der Waals surface area contributed by atoms with Gasteiger partial charge in [0.25, 0.3) is 0 Å². The summed E-state index contributed by atoms with van der Waals surface area (Å²) in [6, 6.07) is 9.56. The summed E-state index contributed by atoms with van der Waals surface area (Å²) < 4.78 is 4.81. The first kappa shape index (κ1) is 21.1. The Balaban J connectivity index is 1.32. The van der Waals surface area contributed by atoms with Gasteiger partial charge in [-0.3, -0.25) is 9.88 Å². The number of nitrogens with one attached hydrogen (secondary N) is 2. The summed E-state index contributed by atoms with van der Waals surface area (Å²) in [5.41, 5.74) is 4.96. The second-order valence-electron chi connectivity index (χ2n) is 8.24. The molecule has 1 saturated heterocycles. The van der Waals surface area contributed by atoms with Crippen LogP contribution < -0.4 is 10.6 Å². The predicted octanol–water partition coefficient (Wildman–Crippen LogP) is 3.13. The van der Waals surface area contributed by atoms with Gasteiger partial charge in [-0.1, -0.05) is 12.1 Å². The van der Waals surface area contributed by atoms with Crippen molar-refractivity contribution >= 4 is 23.5 Å². The van der Waals surface area contributed by atoms with E-state index in [1.54, 1.807) is 11.1 Å². The normalized spacial score (nSPS) is 18.4. The number of hydrogen-bond donors (Lipinski definition) is 2. The summed E-state index contributed by atoms with van der Waals surface area (Å²) in [4.78, 5) is 32.5. The molecule has 0 bridgehead atoms. The fourth-order valence-corrected chi connectivity index (χ4v) is 4.42. The van der Waals surface area contributed by atoms with Crippen molar-refractivity contribution in [2.75, 3.05) is 50.5 Å². The highest BCUT2D eigenvalue weighted by Crippen LogP contribution is 2.33. The number of benzene rings is 1. The van der Waals surface area contributed by atoms with E-state index in [1.807, 2.05) is 31.2 Å². The Hall–Kier alpha value is -3.13. The maximum Gasteiger partial charge on any atom is 0.409 e. The molecule has 4 rings (SSSR count). The van der Waals surface area contributed by atoms with Crippen molar-refractivity contribution in [1.29, 1.82) is 0 Å². The Morgan fingerprint density at radius 1 is 1.10 bits per heavy atom. The highest BCUT2D eigenvalue weighted by molar-refractivity contribution is 6.00. The number of carbonyl (C=O) groups excluding carboxylic acids is 2. The number of aromatic nitrogens is 1.